The van der Waals surface area contributed by atoms with Gasteiger partial charge in [0.25, 0.3) is 0 Å². The summed E-state index contributed by atoms with van der Waals surface area (Å²) in [5.41, 5.74) is 20.6. The Morgan fingerprint density at radius 1 is 0.979 bits per heavy atom. The Balaban J connectivity index is 1.82. The highest BCUT2D eigenvalue weighted by Crippen LogP contribution is 2.39. The van der Waals surface area contributed by atoms with Gasteiger partial charge in [0, 0.05) is 36.4 Å². The molecule has 1 aliphatic rings. The van der Waals surface area contributed by atoms with Gasteiger partial charge < -0.3 is 21.0 Å². The molecule has 0 radical (unpaired) electrons. The first-order valence-electron chi connectivity index (χ1n) is 16.1. The third-order valence-electron chi connectivity index (χ3n) is 8.59. The molecule has 0 atom stereocenters. The molecule has 2 heterocycles. The van der Waals surface area contributed by atoms with Gasteiger partial charge in [0.15, 0.2) is 0 Å². The van der Waals surface area contributed by atoms with E-state index in [4.69, 9.17) is 11.1 Å². The van der Waals surface area contributed by atoms with Crippen LogP contribution in [0, 0.1) is 19.3 Å². The van der Waals surface area contributed by atoms with Crippen molar-refractivity contribution in [3.05, 3.63) is 181 Å². The summed E-state index contributed by atoms with van der Waals surface area (Å²) in [6.07, 6.45) is 27.7. The van der Waals surface area contributed by atoms with Crippen LogP contribution in [-0.4, -0.2) is 17.3 Å². The van der Waals surface area contributed by atoms with E-state index in [-0.39, 0.29) is 0 Å². The van der Waals surface area contributed by atoms with Gasteiger partial charge in [0.05, 0.1) is 11.4 Å². The van der Waals surface area contributed by atoms with Crippen molar-refractivity contribution in [1.29, 1.82) is 5.41 Å². The Hall–Kier alpha value is -5.87. The quantitative estimate of drug-likeness (QED) is 0.123. The van der Waals surface area contributed by atoms with Gasteiger partial charge in [-0.1, -0.05) is 117 Å². The molecule has 4 nitrogen and oxygen atoms in total. The van der Waals surface area contributed by atoms with Gasteiger partial charge in [-0.05, 0) is 101 Å². The van der Waals surface area contributed by atoms with Crippen LogP contribution in [0.1, 0.15) is 41.3 Å². The van der Waals surface area contributed by atoms with Crippen molar-refractivity contribution in [3.63, 3.8) is 0 Å². The van der Waals surface area contributed by atoms with Gasteiger partial charge >= 0.3 is 0 Å². The molecule has 1 aliphatic heterocycles. The van der Waals surface area contributed by atoms with Gasteiger partial charge in [0.1, 0.15) is 0 Å². The molecule has 0 fully saturated rings. The Kier molecular flexibility index (Phi) is 12.1. The van der Waals surface area contributed by atoms with Crippen molar-refractivity contribution in [2.75, 3.05) is 6.54 Å². The number of hydrogen-bond donors (Lipinski definition) is 3. The molecule has 4 rings (SSSR count). The fourth-order valence-corrected chi connectivity index (χ4v) is 5.88. The SMILES string of the molecule is C=C/C=C(\C=N)c1ccc(-c2ccc(-c3c(C)c(C)c(/C=C(C=C)/C(/C=C\CC4=CNCC=C4)=C/N)n3/C(C=C)=C/C)c(C=C)c2)cc1. The summed E-state index contributed by atoms with van der Waals surface area (Å²) >= 11 is 0. The lowest BCUT2D eigenvalue weighted by Crippen LogP contribution is -2.08. The zero-order chi connectivity index (χ0) is 34.6. The summed E-state index contributed by atoms with van der Waals surface area (Å²) < 4.78 is 2.27. The average Bonchev–Trinajstić information content (AvgIpc) is 3.37. The number of nitrogens with one attached hydrogen (secondary N) is 2. The maximum absolute atomic E-state index is 7.74. The molecule has 0 aliphatic carbocycles. The Labute approximate surface area is 286 Å². The van der Waals surface area contributed by atoms with E-state index >= 15 is 0 Å². The number of nitrogens with zero attached hydrogens (tertiary/aromatic N) is 1. The van der Waals surface area contributed by atoms with E-state index < -0.39 is 0 Å². The molecule has 0 bridgehead atoms. The van der Waals surface area contributed by atoms with E-state index in [1.807, 2.05) is 49.6 Å². The Bertz CT molecular complexity index is 1940. The summed E-state index contributed by atoms with van der Waals surface area (Å²) in [6.45, 7) is 23.5. The number of dihydropyridines is 1. The third kappa shape index (κ3) is 7.56. The van der Waals surface area contributed by atoms with E-state index in [0.29, 0.717) is 0 Å². The number of nitrogens with two attached hydrogens (primary N) is 1. The smallest absolute Gasteiger partial charge is 0.0572 e. The zero-order valence-electron chi connectivity index (χ0n) is 28.4. The molecular weight excluding hydrogens is 585 g/mol. The second-order valence-electron chi connectivity index (χ2n) is 11.4. The molecule has 48 heavy (non-hydrogen) atoms. The normalized spacial score (nSPS) is 14.0. The maximum Gasteiger partial charge on any atom is 0.0572 e. The number of allylic oxidation sites excluding steroid dienone is 13. The molecule has 3 aromatic rings. The lowest BCUT2D eigenvalue weighted by atomic mass is 9.94. The number of aromatic nitrogens is 1. The minimum Gasteiger partial charge on any atom is -0.404 e. The van der Waals surface area contributed by atoms with Crippen LogP contribution in [0.25, 0.3) is 45.8 Å². The molecule has 242 valence electrons. The Morgan fingerprint density at radius 2 is 1.73 bits per heavy atom. The molecule has 0 saturated carbocycles. The van der Waals surface area contributed by atoms with E-state index in [9.17, 15) is 0 Å². The van der Waals surface area contributed by atoms with E-state index in [2.05, 4.69) is 117 Å². The minimum atomic E-state index is 0.796. The highest BCUT2D eigenvalue weighted by Gasteiger charge is 2.21. The molecule has 1 aromatic heterocycles. The van der Waals surface area contributed by atoms with Crippen LogP contribution in [0.4, 0.5) is 0 Å². The topological polar surface area (TPSA) is 66.8 Å². The first-order chi connectivity index (χ1) is 23.3. The number of benzene rings is 2. The van der Waals surface area contributed by atoms with Crippen LogP contribution >= 0.6 is 0 Å². The van der Waals surface area contributed by atoms with Crippen LogP contribution in [0.3, 0.4) is 0 Å². The lowest BCUT2D eigenvalue weighted by Gasteiger charge is -2.17. The summed E-state index contributed by atoms with van der Waals surface area (Å²) in [6, 6.07) is 14.8. The van der Waals surface area contributed by atoms with Crippen LogP contribution in [-0.2, 0) is 0 Å². The average molecular weight is 631 g/mol. The fraction of sp³-hybridized carbons (Fsp3) is 0.114. The molecule has 4 heteroatoms. The second kappa shape index (κ2) is 16.6. The van der Waals surface area contributed by atoms with Gasteiger partial charge in [-0.2, -0.15) is 0 Å². The molecule has 4 N–H and O–H groups in total. The second-order valence-corrected chi connectivity index (χ2v) is 11.4. The van der Waals surface area contributed by atoms with Crippen LogP contribution in [0.2, 0.25) is 0 Å². The highest BCUT2D eigenvalue weighted by molar-refractivity contribution is 6.08. The number of hydrogen-bond acceptors (Lipinski definition) is 3. The van der Waals surface area contributed by atoms with Gasteiger partial charge in [-0.3, -0.25) is 0 Å². The van der Waals surface area contributed by atoms with Crippen molar-refractivity contribution in [1.82, 2.24) is 9.88 Å². The lowest BCUT2D eigenvalue weighted by molar-refractivity contribution is 0.944. The zero-order valence-corrected chi connectivity index (χ0v) is 28.4. The fourth-order valence-electron chi connectivity index (χ4n) is 5.88. The van der Waals surface area contributed by atoms with Gasteiger partial charge in [-0.25, -0.2) is 0 Å². The highest BCUT2D eigenvalue weighted by atomic mass is 15.0. The van der Waals surface area contributed by atoms with Crippen LogP contribution in [0.15, 0.2) is 153 Å². The van der Waals surface area contributed by atoms with E-state index in [1.165, 1.54) is 11.8 Å². The Morgan fingerprint density at radius 3 is 2.31 bits per heavy atom. The van der Waals surface area contributed by atoms with Crippen molar-refractivity contribution in [2.24, 2.45) is 5.73 Å². The van der Waals surface area contributed by atoms with E-state index in [1.54, 1.807) is 12.3 Å². The molecule has 0 spiro atoms. The van der Waals surface area contributed by atoms with Gasteiger partial charge in [-0.15, -0.1) is 0 Å². The minimum absolute atomic E-state index is 0.796. The molecule has 2 aromatic carbocycles. The van der Waals surface area contributed by atoms with Crippen molar-refractivity contribution >= 4 is 29.6 Å². The molecular formula is C44H46N4. The predicted molar refractivity (Wildman–Crippen MR) is 211 cm³/mol. The first-order valence-corrected chi connectivity index (χ1v) is 16.1. The van der Waals surface area contributed by atoms with Gasteiger partial charge in [0.2, 0.25) is 0 Å². The first kappa shape index (κ1) is 35.0. The summed E-state index contributed by atoms with van der Waals surface area (Å²) in [7, 11) is 0. The van der Waals surface area contributed by atoms with Crippen molar-refractivity contribution in [2.45, 2.75) is 27.2 Å². The summed E-state index contributed by atoms with van der Waals surface area (Å²) in [4.78, 5) is 0. The third-order valence-corrected chi connectivity index (χ3v) is 8.59. The summed E-state index contributed by atoms with van der Waals surface area (Å²) in [5, 5.41) is 11.0. The van der Waals surface area contributed by atoms with Crippen molar-refractivity contribution < 1.29 is 0 Å². The van der Waals surface area contributed by atoms with E-state index in [0.717, 1.165) is 85.7 Å². The summed E-state index contributed by atoms with van der Waals surface area (Å²) in [5.74, 6) is 0. The van der Waals surface area contributed by atoms with Crippen LogP contribution < -0.4 is 11.1 Å². The number of rotatable bonds is 14. The molecule has 0 amide bonds. The largest absolute Gasteiger partial charge is 0.404 e. The van der Waals surface area contributed by atoms with Crippen LogP contribution in [0.5, 0.6) is 0 Å². The predicted octanol–water partition coefficient (Wildman–Crippen LogP) is 10.7. The monoisotopic (exact) mass is 630 g/mol. The molecule has 0 saturated heterocycles. The molecule has 0 unspecified atom stereocenters. The van der Waals surface area contributed by atoms with Crippen molar-refractivity contribution in [3.8, 4) is 22.4 Å². The maximum atomic E-state index is 7.74. The standard InChI is InChI=1S/C44H46N4/c1-8-15-39(28-45)37-21-19-36(20-22-37)38-23-24-42(35(10-3)26-38)44-32(7)31(6)43(48(44)41(11-4)12-5)27-34(9-2)40(29-46)18-13-16-33-17-14-25-47-30-33/h8-15,17-24,26-30,45,47H,1-4,16,25,46H2,5-7H3/b18-13-,34-27+,39-15+,40-29+,41-12+,45-28?.